The lowest BCUT2D eigenvalue weighted by molar-refractivity contribution is -0.132. The second kappa shape index (κ2) is 12.2. The number of carbonyl (C=O) groups excluding carboxylic acids is 1. The minimum absolute atomic E-state index is 0.0684. The number of benzene rings is 1. The molecule has 4 heterocycles. The number of hydrogen-bond donors (Lipinski definition) is 1. The lowest BCUT2D eigenvalue weighted by atomic mass is 9.96. The number of aromatic nitrogens is 3. The minimum Gasteiger partial charge on any atom is -0.338 e. The van der Waals surface area contributed by atoms with Crippen molar-refractivity contribution in [2.24, 2.45) is 5.92 Å². The maximum Gasteiger partial charge on any atom is 0.252 e. The highest BCUT2D eigenvalue weighted by atomic mass is 32.2. The zero-order valence-electron chi connectivity index (χ0n) is 22.6. The molecule has 0 saturated carbocycles. The number of hydrogen-bond acceptors (Lipinski definition) is 9. The number of nitrogens with zero attached hydrogens (tertiary/aromatic N) is 7. The van der Waals surface area contributed by atoms with Crippen molar-refractivity contribution in [3.05, 3.63) is 71.2 Å². The average molecular weight is 577 g/mol. The molecule has 0 atom stereocenters. The van der Waals surface area contributed by atoms with Crippen LogP contribution in [-0.2, 0) is 27.9 Å². The summed E-state index contributed by atoms with van der Waals surface area (Å²) >= 11 is 0. The monoisotopic (exact) mass is 576 g/mol. The van der Waals surface area contributed by atoms with Gasteiger partial charge in [0.2, 0.25) is 21.9 Å². The Morgan fingerprint density at radius 1 is 1.17 bits per heavy atom. The van der Waals surface area contributed by atoms with Gasteiger partial charge in [0.05, 0.1) is 6.07 Å². The van der Waals surface area contributed by atoms with Crippen molar-refractivity contribution in [1.29, 1.82) is 5.26 Å². The number of nitriles is 1. The van der Waals surface area contributed by atoms with Crippen LogP contribution in [0.15, 0.2) is 60.0 Å². The van der Waals surface area contributed by atoms with E-state index in [0.29, 0.717) is 69.9 Å². The number of aryl methyl sites for hydroxylation is 1. The van der Waals surface area contributed by atoms with Crippen LogP contribution in [0.1, 0.15) is 12.0 Å². The van der Waals surface area contributed by atoms with Crippen LogP contribution in [0.3, 0.4) is 0 Å². The molecule has 2 aliphatic rings. The highest BCUT2D eigenvalue weighted by Crippen LogP contribution is 2.22. The van der Waals surface area contributed by atoms with Crippen molar-refractivity contribution in [2.45, 2.75) is 19.5 Å². The van der Waals surface area contributed by atoms with Crippen molar-refractivity contribution in [3.63, 3.8) is 0 Å². The second-order valence-corrected chi connectivity index (χ2v) is 12.3. The van der Waals surface area contributed by atoms with Crippen LogP contribution >= 0.6 is 0 Å². The van der Waals surface area contributed by atoms with Gasteiger partial charge in [0.25, 0.3) is 5.56 Å². The van der Waals surface area contributed by atoms with Gasteiger partial charge in [0.15, 0.2) is 5.75 Å². The maximum atomic E-state index is 12.7. The zero-order chi connectivity index (χ0) is 29.0. The van der Waals surface area contributed by atoms with Gasteiger partial charge >= 0.3 is 0 Å². The molecule has 1 amide bonds. The van der Waals surface area contributed by atoms with Crippen LogP contribution in [0.2, 0.25) is 0 Å². The Bertz CT molecular complexity index is 1650. The molecule has 2 saturated heterocycles. The van der Waals surface area contributed by atoms with Gasteiger partial charge in [-0.3, -0.25) is 19.1 Å². The average Bonchev–Trinajstić information content (AvgIpc) is 2.93. The number of nitrogens with one attached hydrogen (secondary N) is 1. The zero-order valence-corrected chi connectivity index (χ0v) is 23.5. The third-order valence-corrected chi connectivity index (χ3v) is 9.13. The molecule has 1 N–H and O–H groups in total. The number of likely N-dealkylation sites (tertiary alicyclic amines) is 1. The van der Waals surface area contributed by atoms with E-state index < -0.39 is 15.8 Å². The highest BCUT2D eigenvalue weighted by molar-refractivity contribution is 7.89. The number of amides is 1. The van der Waals surface area contributed by atoms with Crippen molar-refractivity contribution < 1.29 is 13.2 Å². The predicted molar refractivity (Wildman–Crippen MR) is 155 cm³/mol. The third kappa shape index (κ3) is 6.62. The largest absolute Gasteiger partial charge is 0.338 e. The molecule has 0 spiro atoms. The van der Waals surface area contributed by atoms with E-state index in [4.69, 9.17) is 5.26 Å². The Morgan fingerprint density at radius 2 is 1.95 bits per heavy atom. The Hall–Kier alpha value is -4.12. The molecule has 1 aromatic carbocycles. The van der Waals surface area contributed by atoms with E-state index in [1.807, 2.05) is 24.3 Å². The van der Waals surface area contributed by atoms with Crippen LogP contribution < -0.4 is 10.9 Å². The van der Waals surface area contributed by atoms with E-state index in [-0.39, 0.29) is 11.5 Å². The van der Waals surface area contributed by atoms with Crippen molar-refractivity contribution in [2.75, 3.05) is 50.3 Å². The Balaban J connectivity index is 1.23. The summed E-state index contributed by atoms with van der Waals surface area (Å²) in [5.74, 6) is 0.136. The normalized spacial score (nSPS) is 16.7. The maximum absolute atomic E-state index is 12.7. The molecule has 2 aliphatic heterocycles. The van der Waals surface area contributed by atoms with Gasteiger partial charge in [0, 0.05) is 75.7 Å². The molecule has 0 aliphatic carbocycles. The number of fused-ring (bicyclic) bond motifs is 1. The van der Waals surface area contributed by atoms with Gasteiger partial charge in [-0.2, -0.15) is 14.6 Å². The summed E-state index contributed by atoms with van der Waals surface area (Å²) in [4.78, 5) is 37.5. The van der Waals surface area contributed by atoms with Gasteiger partial charge in [-0.25, -0.2) is 13.4 Å². The molecule has 214 valence electrons. The molecule has 5 rings (SSSR count). The molecule has 12 nitrogen and oxygen atoms in total. The first kappa shape index (κ1) is 28.4. The quantitative estimate of drug-likeness (QED) is 0.355. The molecular weight excluding hydrogens is 544 g/mol. The summed E-state index contributed by atoms with van der Waals surface area (Å²) in [7, 11) is -3.52. The smallest absolute Gasteiger partial charge is 0.252 e. The SMILES string of the molecule is C=CC(=O)N1CC(CCn2c(=O)ccc3cnc(Nc4cccc(CN5CCN(S(=O)(=O)CC#N)CC5)c4)nc32)C1. The van der Waals surface area contributed by atoms with E-state index in [2.05, 4.69) is 26.8 Å². The fourth-order valence-corrected chi connectivity index (χ4v) is 6.26. The van der Waals surface area contributed by atoms with Crippen LogP contribution in [0, 0.1) is 17.2 Å². The lowest BCUT2D eigenvalue weighted by Gasteiger charge is -2.38. The van der Waals surface area contributed by atoms with Crippen LogP contribution in [0.5, 0.6) is 0 Å². The predicted octanol–water partition coefficient (Wildman–Crippen LogP) is 1.54. The van der Waals surface area contributed by atoms with Gasteiger partial charge in [-0.1, -0.05) is 18.7 Å². The Kier molecular flexibility index (Phi) is 8.44. The van der Waals surface area contributed by atoms with Gasteiger partial charge in [-0.15, -0.1) is 0 Å². The van der Waals surface area contributed by atoms with E-state index in [1.165, 1.54) is 16.4 Å². The fraction of sp³-hybridized carbons (Fsp3) is 0.393. The third-order valence-electron chi connectivity index (χ3n) is 7.49. The van der Waals surface area contributed by atoms with Crippen LogP contribution in [0.25, 0.3) is 11.0 Å². The summed E-state index contributed by atoms with van der Waals surface area (Å²) in [6, 6.07) is 12.8. The summed E-state index contributed by atoms with van der Waals surface area (Å²) < 4.78 is 27.3. The van der Waals surface area contributed by atoms with Crippen LogP contribution in [-0.4, -0.2) is 88.0 Å². The lowest BCUT2D eigenvalue weighted by Crippen LogP contribution is -2.49. The summed E-state index contributed by atoms with van der Waals surface area (Å²) in [6.07, 6.45) is 3.77. The van der Waals surface area contributed by atoms with Crippen molar-refractivity contribution >= 4 is 38.6 Å². The number of pyridine rings is 1. The summed E-state index contributed by atoms with van der Waals surface area (Å²) in [5, 5.41) is 12.8. The first-order chi connectivity index (χ1) is 19.8. The van der Waals surface area contributed by atoms with Crippen molar-refractivity contribution in [3.8, 4) is 6.07 Å². The van der Waals surface area contributed by atoms with E-state index in [9.17, 15) is 18.0 Å². The topological polar surface area (TPSA) is 145 Å². The van der Waals surface area contributed by atoms with Gasteiger partial charge < -0.3 is 10.2 Å². The molecule has 41 heavy (non-hydrogen) atoms. The molecule has 0 unspecified atom stereocenters. The van der Waals surface area contributed by atoms with Crippen molar-refractivity contribution in [1.82, 2.24) is 28.6 Å². The number of piperazine rings is 1. The molecule has 2 aromatic heterocycles. The Morgan fingerprint density at radius 3 is 2.68 bits per heavy atom. The van der Waals surface area contributed by atoms with Crippen LogP contribution in [0.4, 0.5) is 11.6 Å². The first-order valence-electron chi connectivity index (χ1n) is 13.5. The summed E-state index contributed by atoms with van der Waals surface area (Å²) in [5.41, 5.74) is 2.26. The van der Waals surface area contributed by atoms with E-state index in [1.54, 1.807) is 27.8 Å². The molecular formula is C28H32N8O4S. The standard InChI is InChI=1S/C28H32N8O4S/c1-2-25(37)34-19-22(20-34)8-10-36-26(38)7-6-23-17-30-28(32-27(23)36)31-24-5-3-4-21(16-24)18-33-11-13-35(14-12-33)41(39,40)15-9-29/h2-7,16-17,22H,1,8,10-15,18-20H2,(H,30,31,32). The fourth-order valence-electron chi connectivity index (χ4n) is 5.19. The minimum atomic E-state index is -3.52. The Labute approximate surface area is 238 Å². The number of sulfonamides is 1. The molecule has 13 heteroatoms. The molecule has 0 bridgehead atoms. The van der Waals surface area contributed by atoms with Gasteiger partial charge in [-0.05, 0) is 42.2 Å². The summed E-state index contributed by atoms with van der Waals surface area (Å²) in [6.45, 7) is 7.88. The first-order valence-corrected chi connectivity index (χ1v) is 15.1. The number of rotatable bonds is 10. The second-order valence-electron chi connectivity index (χ2n) is 10.3. The van der Waals surface area contributed by atoms with E-state index in [0.717, 1.165) is 23.1 Å². The van der Waals surface area contributed by atoms with E-state index >= 15 is 0 Å². The molecule has 0 radical (unpaired) electrons. The number of carbonyl (C=O) groups is 1. The highest BCUT2D eigenvalue weighted by Gasteiger charge is 2.29. The molecule has 2 fully saturated rings. The number of anilines is 2. The molecule has 3 aromatic rings. The van der Waals surface area contributed by atoms with Gasteiger partial charge in [0.1, 0.15) is 5.65 Å².